The second-order valence-corrected chi connectivity index (χ2v) is 3.25. The third kappa shape index (κ3) is 2.45. The van der Waals surface area contributed by atoms with Crippen molar-refractivity contribution in [2.24, 2.45) is 5.73 Å². The number of nitrogens with one attached hydrogen (secondary N) is 1. The minimum atomic E-state index is -0.373. The lowest BCUT2D eigenvalue weighted by atomic mass is 10.1. The Morgan fingerprint density at radius 2 is 2.29 bits per heavy atom. The number of amides is 1. The molecule has 75 valence electrons. The van der Waals surface area contributed by atoms with E-state index in [1.807, 2.05) is 6.07 Å². The minimum Gasteiger partial charge on any atom is -0.370 e. The molecule has 3 N–H and O–H groups in total. The molecule has 0 saturated carbocycles. The molecule has 4 nitrogen and oxygen atoms in total. The number of nitrogens with two attached hydrogens (primary N) is 1. The van der Waals surface area contributed by atoms with Gasteiger partial charge in [0.25, 0.3) is 5.56 Å². The summed E-state index contributed by atoms with van der Waals surface area (Å²) < 4.78 is 0. The van der Waals surface area contributed by atoms with Crippen molar-refractivity contribution in [3.8, 4) is 0 Å². The molecule has 0 aliphatic rings. The van der Waals surface area contributed by atoms with Gasteiger partial charge in [-0.2, -0.15) is 0 Å². The van der Waals surface area contributed by atoms with Crippen LogP contribution >= 0.6 is 0 Å². The zero-order valence-electron chi connectivity index (χ0n) is 8.09. The van der Waals surface area contributed by atoms with E-state index >= 15 is 0 Å². The van der Waals surface area contributed by atoms with Gasteiger partial charge in [0.15, 0.2) is 0 Å². The van der Waals surface area contributed by atoms with Crippen LogP contribution in [0, 0.1) is 13.8 Å². The quantitative estimate of drug-likeness (QED) is 0.723. The Morgan fingerprint density at radius 3 is 2.86 bits per heavy atom. The molecule has 0 aromatic carbocycles. The van der Waals surface area contributed by atoms with E-state index < -0.39 is 0 Å². The predicted octanol–water partition coefficient (Wildman–Crippen LogP) is 0.283. The Balaban J connectivity index is 2.96. The van der Waals surface area contributed by atoms with Gasteiger partial charge in [0.1, 0.15) is 0 Å². The van der Waals surface area contributed by atoms with Crippen LogP contribution in [0.3, 0.4) is 0 Å². The van der Waals surface area contributed by atoms with Gasteiger partial charge in [0.2, 0.25) is 5.91 Å². The lowest BCUT2D eigenvalue weighted by Crippen LogP contribution is -2.16. The van der Waals surface area contributed by atoms with Crippen molar-refractivity contribution in [1.82, 2.24) is 4.98 Å². The third-order valence-electron chi connectivity index (χ3n) is 2.00. The summed E-state index contributed by atoms with van der Waals surface area (Å²) in [7, 11) is 0. The predicted molar refractivity (Wildman–Crippen MR) is 53.8 cm³/mol. The number of rotatable bonds is 3. The van der Waals surface area contributed by atoms with Crippen LogP contribution in [0.1, 0.15) is 23.2 Å². The third-order valence-corrected chi connectivity index (χ3v) is 2.00. The molecule has 0 bridgehead atoms. The standard InChI is InChI=1S/C10H13N2O2/c1-6-5-8(3-4-9(11)13)7(2)10(14)12-6/h5H,2-4H2,1H3,(H2,11,13)(H,12,14). The van der Waals surface area contributed by atoms with Crippen molar-refractivity contribution in [2.75, 3.05) is 0 Å². The van der Waals surface area contributed by atoms with Crippen LogP contribution in [0.2, 0.25) is 0 Å². The first kappa shape index (κ1) is 10.5. The molecule has 0 saturated heterocycles. The Bertz CT molecular complexity index is 407. The molecule has 1 amide bonds. The molecular formula is C10H13N2O2. The van der Waals surface area contributed by atoms with E-state index in [1.165, 1.54) is 0 Å². The Morgan fingerprint density at radius 1 is 1.64 bits per heavy atom. The van der Waals surface area contributed by atoms with Crippen LogP contribution in [0.4, 0.5) is 0 Å². The maximum atomic E-state index is 11.3. The van der Waals surface area contributed by atoms with E-state index in [0.29, 0.717) is 12.0 Å². The summed E-state index contributed by atoms with van der Waals surface area (Å²) in [5.41, 5.74) is 6.78. The number of aromatic amines is 1. The Labute approximate surface area is 82.1 Å². The number of hydrogen-bond donors (Lipinski definition) is 2. The molecule has 0 aliphatic carbocycles. The molecule has 0 fully saturated rings. The normalized spacial score (nSPS) is 10.1. The Hall–Kier alpha value is -1.58. The van der Waals surface area contributed by atoms with Crippen molar-refractivity contribution in [3.63, 3.8) is 0 Å². The average Bonchev–Trinajstić information content (AvgIpc) is 2.08. The summed E-state index contributed by atoms with van der Waals surface area (Å²) >= 11 is 0. The topological polar surface area (TPSA) is 76.0 Å². The van der Waals surface area contributed by atoms with Crippen LogP contribution < -0.4 is 11.3 Å². The van der Waals surface area contributed by atoms with Gasteiger partial charge in [0.05, 0.1) is 0 Å². The summed E-state index contributed by atoms with van der Waals surface area (Å²) in [6, 6.07) is 1.81. The van der Waals surface area contributed by atoms with E-state index in [9.17, 15) is 9.59 Å². The summed E-state index contributed by atoms with van der Waals surface area (Å²) in [5, 5.41) is 0. The fraction of sp³-hybridized carbons (Fsp3) is 0.300. The molecule has 0 atom stereocenters. The molecular weight excluding hydrogens is 180 g/mol. The van der Waals surface area contributed by atoms with Gasteiger partial charge in [0, 0.05) is 17.7 Å². The molecule has 4 heteroatoms. The van der Waals surface area contributed by atoms with E-state index in [2.05, 4.69) is 11.9 Å². The summed E-state index contributed by atoms with van der Waals surface area (Å²) in [5.74, 6) is -0.373. The van der Waals surface area contributed by atoms with Gasteiger partial charge in [-0.1, -0.05) is 0 Å². The zero-order chi connectivity index (χ0) is 10.7. The number of hydrogen-bond acceptors (Lipinski definition) is 2. The first-order valence-electron chi connectivity index (χ1n) is 4.33. The number of primary amides is 1. The van der Waals surface area contributed by atoms with E-state index in [-0.39, 0.29) is 17.9 Å². The summed E-state index contributed by atoms with van der Waals surface area (Å²) in [4.78, 5) is 24.5. The second-order valence-electron chi connectivity index (χ2n) is 3.25. The highest BCUT2D eigenvalue weighted by molar-refractivity contribution is 5.74. The molecule has 0 unspecified atom stereocenters. The van der Waals surface area contributed by atoms with Crippen LogP contribution in [-0.4, -0.2) is 10.9 Å². The molecule has 14 heavy (non-hydrogen) atoms. The number of carbonyl (C=O) groups excluding carboxylic acids is 1. The van der Waals surface area contributed by atoms with Crippen molar-refractivity contribution in [2.45, 2.75) is 19.8 Å². The number of H-pyrrole nitrogens is 1. The fourth-order valence-corrected chi connectivity index (χ4v) is 1.27. The molecule has 1 aromatic rings. The highest BCUT2D eigenvalue weighted by Crippen LogP contribution is 2.06. The summed E-state index contributed by atoms with van der Waals surface area (Å²) in [6.45, 7) is 5.43. The first-order chi connectivity index (χ1) is 6.50. The van der Waals surface area contributed by atoms with Crippen molar-refractivity contribution < 1.29 is 4.79 Å². The first-order valence-corrected chi connectivity index (χ1v) is 4.33. The minimum absolute atomic E-state index is 0.204. The highest BCUT2D eigenvalue weighted by Gasteiger charge is 2.05. The molecule has 1 radical (unpaired) electrons. The lowest BCUT2D eigenvalue weighted by Gasteiger charge is -2.04. The molecule has 1 aromatic heterocycles. The Kier molecular flexibility index (Phi) is 3.06. The van der Waals surface area contributed by atoms with Crippen LogP contribution in [0.5, 0.6) is 0 Å². The number of pyridine rings is 1. The number of aromatic nitrogens is 1. The largest absolute Gasteiger partial charge is 0.370 e. The van der Waals surface area contributed by atoms with Crippen molar-refractivity contribution in [3.05, 3.63) is 40.2 Å². The van der Waals surface area contributed by atoms with Crippen LogP contribution in [0.25, 0.3) is 0 Å². The van der Waals surface area contributed by atoms with Gasteiger partial charge >= 0.3 is 0 Å². The average molecular weight is 193 g/mol. The van der Waals surface area contributed by atoms with Crippen molar-refractivity contribution >= 4 is 5.91 Å². The van der Waals surface area contributed by atoms with Crippen molar-refractivity contribution in [1.29, 1.82) is 0 Å². The molecule has 0 aliphatic heterocycles. The smallest absolute Gasteiger partial charge is 0.251 e. The van der Waals surface area contributed by atoms with Gasteiger partial charge in [-0.05, 0) is 31.9 Å². The molecule has 1 heterocycles. The van der Waals surface area contributed by atoms with Crippen LogP contribution in [-0.2, 0) is 11.2 Å². The van der Waals surface area contributed by atoms with Crippen LogP contribution in [0.15, 0.2) is 10.9 Å². The van der Waals surface area contributed by atoms with Gasteiger partial charge in [-0.25, -0.2) is 0 Å². The van der Waals surface area contributed by atoms with Gasteiger partial charge < -0.3 is 10.7 Å². The van der Waals surface area contributed by atoms with E-state index in [4.69, 9.17) is 5.73 Å². The maximum Gasteiger partial charge on any atom is 0.251 e. The maximum absolute atomic E-state index is 11.3. The second kappa shape index (κ2) is 4.09. The number of carbonyl (C=O) groups is 1. The fourth-order valence-electron chi connectivity index (χ4n) is 1.27. The summed E-state index contributed by atoms with van der Waals surface area (Å²) in [6.07, 6.45) is 0.713. The number of aryl methyl sites for hydroxylation is 2. The lowest BCUT2D eigenvalue weighted by molar-refractivity contribution is -0.117. The van der Waals surface area contributed by atoms with E-state index in [0.717, 1.165) is 11.3 Å². The van der Waals surface area contributed by atoms with Gasteiger partial charge in [-0.3, -0.25) is 9.59 Å². The zero-order valence-corrected chi connectivity index (χ0v) is 8.09. The molecule has 0 spiro atoms. The van der Waals surface area contributed by atoms with E-state index in [1.54, 1.807) is 6.92 Å². The monoisotopic (exact) mass is 193 g/mol. The molecule has 1 rings (SSSR count). The highest BCUT2D eigenvalue weighted by atomic mass is 16.1. The van der Waals surface area contributed by atoms with Gasteiger partial charge in [-0.15, -0.1) is 0 Å². The SMILES string of the molecule is [CH2]c1c(CCC(N)=O)cc(C)[nH]c1=O.